The normalized spacial score (nSPS) is 27.9. The van der Waals surface area contributed by atoms with Crippen LogP contribution in [0.4, 0.5) is 4.39 Å². The van der Waals surface area contributed by atoms with Gasteiger partial charge in [-0.1, -0.05) is 11.8 Å². The maximum atomic E-state index is 12.7. The standard InChI is InChI=1S/C10H7FO3/c11-8-3-1-2-7(6-12)9(5-4-8)10(13)14/h4-7H,3H2,(H,13,14)/b8-4+,9-5+/t7-/m1/s1. The molecule has 1 rings (SSSR count). The SMILES string of the molecule is O=C[C@H]1C#CC/C(F)=C\C=C/1C(=O)O. The van der Waals surface area contributed by atoms with Gasteiger partial charge in [0.25, 0.3) is 0 Å². The van der Waals surface area contributed by atoms with E-state index in [0.29, 0.717) is 6.29 Å². The third-order valence-corrected chi connectivity index (χ3v) is 1.68. The van der Waals surface area contributed by atoms with E-state index in [1.165, 1.54) is 0 Å². The van der Waals surface area contributed by atoms with Gasteiger partial charge < -0.3 is 9.90 Å². The zero-order valence-electron chi connectivity index (χ0n) is 7.16. The van der Waals surface area contributed by atoms with E-state index in [2.05, 4.69) is 11.8 Å². The van der Waals surface area contributed by atoms with Gasteiger partial charge in [0.2, 0.25) is 0 Å². The van der Waals surface area contributed by atoms with Crippen molar-refractivity contribution >= 4 is 12.3 Å². The second-order valence-electron chi connectivity index (χ2n) is 2.65. The molecule has 0 fully saturated rings. The van der Waals surface area contributed by atoms with Crippen LogP contribution in [0.1, 0.15) is 6.42 Å². The van der Waals surface area contributed by atoms with Gasteiger partial charge in [0.1, 0.15) is 18.0 Å². The Morgan fingerprint density at radius 2 is 2.36 bits per heavy atom. The zero-order valence-corrected chi connectivity index (χ0v) is 7.16. The fraction of sp³-hybridized carbons (Fsp3) is 0.200. The fourth-order valence-corrected chi connectivity index (χ4v) is 0.978. The molecule has 0 bridgehead atoms. The van der Waals surface area contributed by atoms with Crippen LogP contribution in [0.3, 0.4) is 0 Å². The highest BCUT2D eigenvalue weighted by molar-refractivity contribution is 5.93. The largest absolute Gasteiger partial charge is 0.478 e. The average Bonchev–Trinajstić information content (AvgIpc) is 2.10. The van der Waals surface area contributed by atoms with Gasteiger partial charge >= 0.3 is 5.97 Å². The molecule has 0 amide bonds. The Labute approximate surface area is 79.9 Å². The van der Waals surface area contributed by atoms with E-state index in [1.807, 2.05) is 0 Å². The lowest BCUT2D eigenvalue weighted by Gasteiger charge is -2.04. The van der Waals surface area contributed by atoms with Crippen molar-refractivity contribution in [2.24, 2.45) is 5.92 Å². The highest BCUT2D eigenvalue weighted by atomic mass is 19.1. The van der Waals surface area contributed by atoms with Crippen molar-refractivity contribution in [3.05, 3.63) is 23.6 Å². The van der Waals surface area contributed by atoms with Crippen LogP contribution in [0.2, 0.25) is 0 Å². The van der Waals surface area contributed by atoms with Gasteiger partial charge in [0.15, 0.2) is 0 Å². The fourth-order valence-electron chi connectivity index (χ4n) is 0.978. The van der Waals surface area contributed by atoms with E-state index in [9.17, 15) is 14.0 Å². The molecule has 0 heterocycles. The summed E-state index contributed by atoms with van der Waals surface area (Å²) in [4.78, 5) is 21.1. The number of hydrogen-bond acceptors (Lipinski definition) is 2. The maximum absolute atomic E-state index is 12.7. The van der Waals surface area contributed by atoms with Crippen molar-refractivity contribution in [1.82, 2.24) is 0 Å². The number of halogens is 1. The molecule has 1 N–H and O–H groups in total. The number of allylic oxidation sites excluding steroid dienone is 3. The number of aliphatic carboxylic acids is 1. The highest BCUT2D eigenvalue weighted by Crippen LogP contribution is 2.13. The molecule has 1 aliphatic rings. The molecule has 0 aromatic carbocycles. The molecular formula is C10H7FO3. The van der Waals surface area contributed by atoms with E-state index in [0.717, 1.165) is 12.2 Å². The van der Waals surface area contributed by atoms with Crippen LogP contribution in [-0.2, 0) is 9.59 Å². The second kappa shape index (κ2) is 4.38. The Morgan fingerprint density at radius 3 is 2.93 bits per heavy atom. The topological polar surface area (TPSA) is 54.4 Å². The van der Waals surface area contributed by atoms with Crippen LogP contribution in [0, 0.1) is 17.8 Å². The van der Waals surface area contributed by atoms with Gasteiger partial charge in [-0.15, -0.1) is 0 Å². The summed E-state index contributed by atoms with van der Waals surface area (Å²) in [6.45, 7) is 0. The number of carboxylic acid groups (broad SMARTS) is 1. The van der Waals surface area contributed by atoms with Crippen LogP contribution in [0.25, 0.3) is 0 Å². The first-order valence-corrected chi connectivity index (χ1v) is 3.88. The Hall–Kier alpha value is -1.89. The average molecular weight is 194 g/mol. The summed E-state index contributed by atoms with van der Waals surface area (Å²) in [6.07, 6.45) is 2.44. The molecular weight excluding hydrogens is 187 g/mol. The van der Waals surface area contributed by atoms with Crippen molar-refractivity contribution in [1.29, 1.82) is 0 Å². The summed E-state index contributed by atoms with van der Waals surface area (Å²) >= 11 is 0. The molecule has 14 heavy (non-hydrogen) atoms. The lowest BCUT2D eigenvalue weighted by atomic mass is 9.99. The number of hydrogen-bond donors (Lipinski definition) is 1. The maximum Gasteiger partial charge on any atom is 0.333 e. The van der Waals surface area contributed by atoms with Crippen LogP contribution < -0.4 is 0 Å². The van der Waals surface area contributed by atoms with Gasteiger partial charge in [0, 0.05) is 0 Å². The zero-order chi connectivity index (χ0) is 10.6. The predicted molar refractivity (Wildman–Crippen MR) is 46.9 cm³/mol. The van der Waals surface area contributed by atoms with Crippen LogP contribution in [0.5, 0.6) is 0 Å². The van der Waals surface area contributed by atoms with Gasteiger partial charge in [-0.2, -0.15) is 0 Å². The van der Waals surface area contributed by atoms with E-state index in [1.54, 1.807) is 0 Å². The summed E-state index contributed by atoms with van der Waals surface area (Å²) in [6, 6.07) is 0. The van der Waals surface area contributed by atoms with Gasteiger partial charge in [0.05, 0.1) is 12.0 Å². The predicted octanol–water partition coefficient (Wildman–Crippen LogP) is 1.07. The molecule has 4 heteroatoms. The van der Waals surface area contributed by atoms with Crippen molar-refractivity contribution < 1.29 is 19.1 Å². The number of rotatable bonds is 2. The van der Waals surface area contributed by atoms with E-state index in [4.69, 9.17) is 5.11 Å². The van der Waals surface area contributed by atoms with Crippen LogP contribution >= 0.6 is 0 Å². The van der Waals surface area contributed by atoms with Crippen molar-refractivity contribution in [3.63, 3.8) is 0 Å². The summed E-state index contributed by atoms with van der Waals surface area (Å²) in [5.74, 6) is 2.03. The molecule has 72 valence electrons. The lowest BCUT2D eigenvalue weighted by molar-refractivity contribution is -0.133. The van der Waals surface area contributed by atoms with Crippen molar-refractivity contribution in [2.45, 2.75) is 6.42 Å². The van der Waals surface area contributed by atoms with Crippen molar-refractivity contribution in [2.75, 3.05) is 0 Å². The molecule has 0 saturated heterocycles. The number of carbonyl (C=O) groups excluding carboxylic acids is 1. The molecule has 3 nitrogen and oxygen atoms in total. The minimum Gasteiger partial charge on any atom is -0.478 e. The Morgan fingerprint density at radius 1 is 1.64 bits per heavy atom. The number of carboxylic acids is 1. The van der Waals surface area contributed by atoms with Crippen molar-refractivity contribution in [3.8, 4) is 11.8 Å². The third-order valence-electron chi connectivity index (χ3n) is 1.68. The molecule has 1 aliphatic carbocycles. The number of carbonyl (C=O) groups is 2. The first-order chi connectivity index (χ1) is 6.65. The molecule has 0 spiro atoms. The summed E-state index contributed by atoms with van der Waals surface area (Å²) in [5.41, 5.74) is -0.206. The number of aldehydes is 1. The summed E-state index contributed by atoms with van der Waals surface area (Å²) in [7, 11) is 0. The molecule has 0 saturated carbocycles. The van der Waals surface area contributed by atoms with Gasteiger partial charge in [-0.3, -0.25) is 0 Å². The Bertz CT molecular complexity index is 382. The summed E-state index contributed by atoms with van der Waals surface area (Å²) in [5, 5.41) is 8.70. The molecule has 0 unspecified atom stereocenters. The second-order valence-corrected chi connectivity index (χ2v) is 2.65. The minimum absolute atomic E-state index is 0.0895. The first kappa shape index (κ1) is 10.2. The minimum atomic E-state index is -1.26. The van der Waals surface area contributed by atoms with Crippen LogP contribution in [-0.4, -0.2) is 17.4 Å². The van der Waals surface area contributed by atoms with E-state index < -0.39 is 17.7 Å². The van der Waals surface area contributed by atoms with E-state index >= 15 is 0 Å². The van der Waals surface area contributed by atoms with Gasteiger partial charge in [-0.25, -0.2) is 9.18 Å². The quantitative estimate of drug-likeness (QED) is 0.528. The highest BCUT2D eigenvalue weighted by Gasteiger charge is 2.18. The molecule has 0 aromatic rings. The smallest absolute Gasteiger partial charge is 0.333 e. The lowest BCUT2D eigenvalue weighted by Crippen LogP contribution is -2.12. The Balaban J connectivity index is 3.13. The monoisotopic (exact) mass is 194 g/mol. The summed E-state index contributed by atoms with van der Waals surface area (Å²) < 4.78 is 12.7. The molecule has 0 aliphatic heterocycles. The molecule has 0 aromatic heterocycles. The first-order valence-electron chi connectivity index (χ1n) is 3.88. The Kier molecular flexibility index (Phi) is 3.19. The molecule has 0 radical (unpaired) electrons. The van der Waals surface area contributed by atoms with E-state index in [-0.39, 0.29) is 12.0 Å². The van der Waals surface area contributed by atoms with Crippen LogP contribution in [0.15, 0.2) is 23.6 Å². The molecule has 1 atom stereocenters. The third kappa shape index (κ3) is 2.30. The van der Waals surface area contributed by atoms with Gasteiger partial charge in [-0.05, 0) is 12.2 Å².